The Morgan fingerprint density at radius 2 is 1.96 bits per heavy atom. The van der Waals surface area contributed by atoms with Crippen LogP contribution in [0.4, 0.5) is 13.2 Å². The molecule has 5 nitrogen and oxygen atoms in total. The second-order valence-electron chi connectivity index (χ2n) is 5.95. The Labute approximate surface area is 147 Å². The number of hydrogen-bond donors (Lipinski definition) is 1. The molecule has 26 heavy (non-hydrogen) atoms. The average molecular weight is 363 g/mol. The summed E-state index contributed by atoms with van der Waals surface area (Å²) in [7, 11) is 0. The van der Waals surface area contributed by atoms with Crippen LogP contribution in [0.15, 0.2) is 53.9 Å². The molecule has 2 aromatic rings. The third-order valence-corrected chi connectivity index (χ3v) is 4.24. The lowest BCUT2D eigenvalue weighted by atomic mass is 9.99. The van der Waals surface area contributed by atoms with Crippen molar-refractivity contribution in [1.82, 2.24) is 9.99 Å². The van der Waals surface area contributed by atoms with Crippen molar-refractivity contribution in [3.05, 3.63) is 65.5 Å². The zero-order valence-corrected chi connectivity index (χ0v) is 13.9. The van der Waals surface area contributed by atoms with Gasteiger partial charge in [0.05, 0.1) is 17.7 Å². The Kier molecular flexibility index (Phi) is 4.53. The van der Waals surface area contributed by atoms with E-state index in [4.69, 9.17) is 0 Å². The van der Waals surface area contributed by atoms with Gasteiger partial charge in [0.1, 0.15) is 0 Å². The van der Waals surface area contributed by atoms with Gasteiger partial charge < -0.3 is 5.11 Å². The van der Waals surface area contributed by atoms with E-state index in [1.165, 1.54) is 18.3 Å². The maximum atomic E-state index is 13.5. The van der Waals surface area contributed by atoms with Crippen molar-refractivity contribution in [2.75, 3.05) is 0 Å². The van der Waals surface area contributed by atoms with E-state index in [9.17, 15) is 23.1 Å². The molecule has 1 aliphatic rings. The lowest BCUT2D eigenvalue weighted by molar-refractivity contribution is -0.297. The molecule has 0 fully saturated rings. The molecule has 1 N–H and O–H groups in total. The number of aryl methyl sites for hydroxylation is 1. The van der Waals surface area contributed by atoms with Gasteiger partial charge in [-0.2, -0.15) is 23.3 Å². The van der Waals surface area contributed by atoms with Crippen LogP contribution in [0, 0.1) is 0 Å². The van der Waals surface area contributed by atoms with Crippen LogP contribution in [0.1, 0.15) is 34.8 Å². The summed E-state index contributed by atoms with van der Waals surface area (Å²) < 4.78 is 40.6. The van der Waals surface area contributed by atoms with Crippen molar-refractivity contribution in [2.24, 2.45) is 5.10 Å². The fourth-order valence-corrected chi connectivity index (χ4v) is 2.69. The van der Waals surface area contributed by atoms with Crippen molar-refractivity contribution in [1.29, 1.82) is 0 Å². The summed E-state index contributed by atoms with van der Waals surface area (Å²) in [4.78, 5) is 16.2. The quantitative estimate of drug-likeness (QED) is 0.911. The van der Waals surface area contributed by atoms with Gasteiger partial charge in [-0.05, 0) is 29.7 Å². The van der Waals surface area contributed by atoms with Gasteiger partial charge >= 0.3 is 6.18 Å². The third kappa shape index (κ3) is 3.08. The largest absolute Gasteiger partial charge is 0.438 e. The van der Waals surface area contributed by atoms with E-state index in [1.54, 1.807) is 24.3 Å². The number of alkyl halides is 3. The standard InChI is InChI=1S/C18H16F3N3O2/c1-2-12-5-7-13(8-6-12)15-10-17(26,18(19,20)21)24(23-15)16(25)14-4-3-9-22-11-14/h3-9,11,26H,2,10H2,1H3. The summed E-state index contributed by atoms with van der Waals surface area (Å²) in [5.41, 5.74) is -2.07. The zero-order valence-electron chi connectivity index (χ0n) is 13.9. The molecule has 136 valence electrons. The predicted octanol–water partition coefficient (Wildman–Crippen LogP) is 3.15. The average Bonchev–Trinajstić information content (AvgIpc) is 3.01. The lowest BCUT2D eigenvalue weighted by Gasteiger charge is -2.32. The summed E-state index contributed by atoms with van der Waals surface area (Å²) in [6.07, 6.45) is -2.61. The van der Waals surface area contributed by atoms with E-state index in [2.05, 4.69) is 10.1 Å². The van der Waals surface area contributed by atoms with Gasteiger partial charge in [0, 0.05) is 12.4 Å². The monoisotopic (exact) mass is 363 g/mol. The van der Waals surface area contributed by atoms with Crippen molar-refractivity contribution in [2.45, 2.75) is 31.7 Å². The number of carbonyl (C=O) groups is 1. The first-order valence-corrected chi connectivity index (χ1v) is 7.97. The highest BCUT2D eigenvalue weighted by atomic mass is 19.4. The van der Waals surface area contributed by atoms with Crippen molar-refractivity contribution in [3.63, 3.8) is 0 Å². The van der Waals surface area contributed by atoms with Gasteiger partial charge in [-0.25, -0.2) is 0 Å². The number of benzene rings is 1. The molecule has 0 saturated carbocycles. The van der Waals surface area contributed by atoms with E-state index < -0.39 is 24.2 Å². The van der Waals surface area contributed by atoms with Gasteiger partial charge in [0.25, 0.3) is 11.6 Å². The van der Waals surface area contributed by atoms with Gasteiger partial charge in [0.2, 0.25) is 0 Å². The minimum absolute atomic E-state index is 0.00952. The van der Waals surface area contributed by atoms with Crippen molar-refractivity contribution in [3.8, 4) is 0 Å². The fourth-order valence-electron chi connectivity index (χ4n) is 2.69. The van der Waals surface area contributed by atoms with Crippen LogP contribution in [0.5, 0.6) is 0 Å². The molecule has 8 heteroatoms. The van der Waals surface area contributed by atoms with Crippen LogP contribution in [0.3, 0.4) is 0 Å². The summed E-state index contributed by atoms with van der Waals surface area (Å²) >= 11 is 0. The Balaban J connectivity index is 2.02. The maximum absolute atomic E-state index is 13.5. The highest BCUT2D eigenvalue weighted by Crippen LogP contribution is 2.41. The minimum atomic E-state index is -5.07. The predicted molar refractivity (Wildman–Crippen MR) is 88.4 cm³/mol. The van der Waals surface area contributed by atoms with Crippen LogP contribution in [-0.2, 0) is 6.42 Å². The highest BCUT2D eigenvalue weighted by molar-refractivity contribution is 6.05. The highest BCUT2D eigenvalue weighted by Gasteiger charge is 2.63. The topological polar surface area (TPSA) is 65.8 Å². The molecular weight excluding hydrogens is 347 g/mol. The maximum Gasteiger partial charge on any atom is 0.438 e. The molecule has 1 aromatic carbocycles. The molecule has 0 spiro atoms. The normalized spacial score (nSPS) is 20.2. The first-order valence-electron chi connectivity index (χ1n) is 7.97. The van der Waals surface area contributed by atoms with Crippen LogP contribution in [-0.4, -0.2) is 38.6 Å². The fraction of sp³-hybridized carbons (Fsp3) is 0.278. The third-order valence-electron chi connectivity index (χ3n) is 4.24. The molecule has 1 unspecified atom stereocenters. The smallest absolute Gasteiger partial charge is 0.362 e. The molecule has 1 atom stereocenters. The second kappa shape index (κ2) is 6.53. The van der Waals surface area contributed by atoms with Gasteiger partial charge in [0.15, 0.2) is 0 Å². The van der Waals surface area contributed by atoms with Crippen LogP contribution in [0.2, 0.25) is 0 Å². The van der Waals surface area contributed by atoms with E-state index >= 15 is 0 Å². The summed E-state index contributed by atoms with van der Waals surface area (Å²) in [5.74, 6) is -1.07. The number of amides is 1. The van der Waals surface area contributed by atoms with E-state index in [1.807, 2.05) is 6.92 Å². The Morgan fingerprint density at radius 1 is 1.27 bits per heavy atom. The Hall–Kier alpha value is -2.74. The molecule has 0 radical (unpaired) electrons. The van der Waals surface area contributed by atoms with E-state index in [0.717, 1.165) is 18.2 Å². The molecule has 1 aromatic heterocycles. The number of aliphatic hydroxyl groups is 1. The zero-order chi connectivity index (χ0) is 18.9. The summed E-state index contributed by atoms with van der Waals surface area (Å²) in [6, 6.07) is 9.55. The van der Waals surface area contributed by atoms with Gasteiger partial charge in [-0.3, -0.25) is 9.78 Å². The molecular formula is C18H16F3N3O2. The summed E-state index contributed by atoms with van der Waals surface area (Å²) in [5, 5.41) is 14.2. The SMILES string of the molecule is CCc1ccc(C2=NN(C(=O)c3cccnc3)C(O)(C(F)(F)F)C2)cc1. The van der Waals surface area contributed by atoms with Crippen LogP contribution >= 0.6 is 0 Å². The number of rotatable bonds is 3. The molecule has 3 rings (SSSR count). The molecule has 1 aliphatic heterocycles. The summed E-state index contributed by atoms with van der Waals surface area (Å²) in [6.45, 7) is 1.96. The molecule has 0 saturated heterocycles. The molecule has 1 amide bonds. The van der Waals surface area contributed by atoms with Crippen LogP contribution in [0.25, 0.3) is 0 Å². The number of aromatic nitrogens is 1. The Bertz CT molecular complexity index is 835. The first kappa shape index (κ1) is 18.1. The molecule has 2 heterocycles. The number of halogens is 3. The lowest BCUT2D eigenvalue weighted by Crippen LogP contribution is -2.56. The van der Waals surface area contributed by atoms with Crippen LogP contribution < -0.4 is 0 Å². The number of hydrogen-bond acceptors (Lipinski definition) is 4. The molecule has 0 bridgehead atoms. The van der Waals surface area contributed by atoms with E-state index in [0.29, 0.717) is 5.56 Å². The second-order valence-corrected chi connectivity index (χ2v) is 5.95. The van der Waals surface area contributed by atoms with E-state index in [-0.39, 0.29) is 16.3 Å². The molecule has 0 aliphatic carbocycles. The minimum Gasteiger partial charge on any atom is -0.362 e. The number of pyridine rings is 1. The number of carbonyl (C=O) groups excluding carboxylic acids is 1. The van der Waals surface area contributed by atoms with Gasteiger partial charge in [-0.15, -0.1) is 0 Å². The van der Waals surface area contributed by atoms with Gasteiger partial charge in [-0.1, -0.05) is 31.2 Å². The Morgan fingerprint density at radius 3 is 2.50 bits per heavy atom. The number of hydrazone groups is 1. The first-order chi connectivity index (χ1) is 12.3. The van der Waals surface area contributed by atoms with Crippen molar-refractivity contribution >= 4 is 11.6 Å². The number of nitrogens with zero attached hydrogens (tertiary/aromatic N) is 3. The van der Waals surface area contributed by atoms with Crippen molar-refractivity contribution < 1.29 is 23.1 Å².